The molecular weight excluding hydrogens is 156 g/mol. The molecule has 1 saturated heterocycles. The van der Waals surface area contributed by atoms with E-state index in [2.05, 4.69) is 0 Å². The van der Waals surface area contributed by atoms with Crippen molar-refractivity contribution in [2.24, 2.45) is 5.73 Å². The molecule has 0 saturated carbocycles. The predicted octanol–water partition coefficient (Wildman–Crippen LogP) is 0.0329. The van der Waals surface area contributed by atoms with Crippen LogP contribution in [-0.2, 0) is 9.47 Å². The molecule has 68 valence electrons. The molecule has 0 aromatic heterocycles. The fraction of sp³-hybridized carbons (Fsp3) is 0.875. The van der Waals surface area contributed by atoms with Crippen molar-refractivity contribution in [1.82, 2.24) is 0 Å². The lowest BCUT2D eigenvalue weighted by Crippen LogP contribution is -2.30. The first-order valence-corrected chi connectivity index (χ1v) is 4.17. The Kier molecular flexibility index (Phi) is 4.01. The lowest BCUT2D eigenvalue weighted by Gasteiger charge is -2.22. The molecule has 0 radical (unpaired) electrons. The van der Waals surface area contributed by atoms with Gasteiger partial charge in [-0.25, -0.2) is 0 Å². The lowest BCUT2D eigenvalue weighted by molar-refractivity contribution is -0.0325. The van der Waals surface area contributed by atoms with Crippen LogP contribution in [0.4, 0.5) is 0 Å². The molecule has 0 amide bonds. The van der Waals surface area contributed by atoms with Gasteiger partial charge in [-0.2, -0.15) is 5.26 Å². The van der Waals surface area contributed by atoms with Crippen molar-refractivity contribution in [3.63, 3.8) is 0 Å². The van der Waals surface area contributed by atoms with Crippen molar-refractivity contribution >= 4 is 0 Å². The van der Waals surface area contributed by atoms with Gasteiger partial charge >= 0.3 is 0 Å². The van der Waals surface area contributed by atoms with E-state index in [1.807, 2.05) is 6.07 Å². The van der Waals surface area contributed by atoms with Gasteiger partial charge in [-0.15, -0.1) is 0 Å². The third-order valence-electron chi connectivity index (χ3n) is 1.85. The first kappa shape index (κ1) is 9.46. The van der Waals surface area contributed by atoms with E-state index in [0.717, 1.165) is 26.1 Å². The highest BCUT2D eigenvalue weighted by Crippen LogP contribution is 2.10. The molecule has 12 heavy (non-hydrogen) atoms. The highest BCUT2D eigenvalue weighted by molar-refractivity contribution is 4.86. The monoisotopic (exact) mass is 170 g/mol. The highest BCUT2D eigenvalue weighted by Gasteiger charge is 2.14. The predicted molar refractivity (Wildman–Crippen MR) is 43.4 cm³/mol. The molecule has 0 unspecified atom stereocenters. The lowest BCUT2D eigenvalue weighted by atomic mass is 10.1. The van der Waals surface area contributed by atoms with Gasteiger partial charge in [-0.1, -0.05) is 0 Å². The fourth-order valence-electron chi connectivity index (χ4n) is 1.12. The molecule has 4 nitrogen and oxygen atoms in total. The SMILES string of the molecule is N#C[C@H](N)COC1CCOCC1. The summed E-state index contributed by atoms with van der Waals surface area (Å²) in [6.45, 7) is 1.85. The smallest absolute Gasteiger partial charge is 0.116 e. The second-order valence-electron chi connectivity index (χ2n) is 2.88. The van der Waals surface area contributed by atoms with E-state index in [1.54, 1.807) is 0 Å². The number of rotatable bonds is 3. The van der Waals surface area contributed by atoms with Gasteiger partial charge in [0.15, 0.2) is 0 Å². The van der Waals surface area contributed by atoms with E-state index >= 15 is 0 Å². The number of hydrogen-bond acceptors (Lipinski definition) is 4. The summed E-state index contributed by atoms with van der Waals surface area (Å²) < 4.78 is 10.6. The molecular formula is C8H14N2O2. The maximum absolute atomic E-state index is 8.38. The van der Waals surface area contributed by atoms with Crippen molar-refractivity contribution < 1.29 is 9.47 Å². The van der Waals surface area contributed by atoms with Crippen LogP contribution < -0.4 is 5.73 Å². The Balaban J connectivity index is 2.10. The summed E-state index contributed by atoms with van der Waals surface area (Å²) in [7, 11) is 0. The average molecular weight is 170 g/mol. The Hall–Kier alpha value is -0.630. The molecule has 1 aliphatic heterocycles. The molecule has 0 aromatic rings. The van der Waals surface area contributed by atoms with Gasteiger partial charge in [0.05, 0.1) is 18.8 Å². The zero-order valence-corrected chi connectivity index (χ0v) is 7.03. The summed E-state index contributed by atoms with van der Waals surface area (Å²) >= 11 is 0. The minimum absolute atomic E-state index is 0.234. The molecule has 0 aromatic carbocycles. The van der Waals surface area contributed by atoms with Crippen LogP contribution in [0.3, 0.4) is 0 Å². The molecule has 0 spiro atoms. The highest BCUT2D eigenvalue weighted by atomic mass is 16.5. The van der Waals surface area contributed by atoms with Crippen molar-refractivity contribution in [1.29, 1.82) is 5.26 Å². The Morgan fingerprint density at radius 1 is 1.58 bits per heavy atom. The van der Waals surface area contributed by atoms with E-state index in [1.165, 1.54) is 0 Å². The Bertz CT molecular complexity index is 161. The summed E-state index contributed by atoms with van der Waals surface area (Å²) in [6.07, 6.45) is 2.06. The summed E-state index contributed by atoms with van der Waals surface area (Å²) in [5.41, 5.74) is 5.37. The number of nitriles is 1. The molecule has 0 bridgehead atoms. The van der Waals surface area contributed by atoms with Crippen molar-refractivity contribution in [3.05, 3.63) is 0 Å². The largest absolute Gasteiger partial charge is 0.381 e. The van der Waals surface area contributed by atoms with Gasteiger partial charge in [0.1, 0.15) is 6.04 Å². The average Bonchev–Trinajstić information content (AvgIpc) is 2.16. The van der Waals surface area contributed by atoms with Crippen LogP contribution in [0, 0.1) is 11.3 Å². The Morgan fingerprint density at radius 2 is 2.25 bits per heavy atom. The van der Waals surface area contributed by atoms with Gasteiger partial charge in [0.25, 0.3) is 0 Å². The van der Waals surface area contributed by atoms with Crippen molar-refractivity contribution in [3.8, 4) is 6.07 Å². The standard InChI is InChI=1S/C8H14N2O2/c9-5-7(10)6-12-8-1-3-11-4-2-8/h7-8H,1-4,6,10H2/t7-/m0/s1. The summed E-state index contributed by atoms with van der Waals surface area (Å²) in [5, 5.41) is 8.38. The zero-order chi connectivity index (χ0) is 8.81. The number of nitrogens with zero attached hydrogens (tertiary/aromatic N) is 1. The van der Waals surface area contributed by atoms with Crippen LogP contribution in [0.2, 0.25) is 0 Å². The summed E-state index contributed by atoms with van der Waals surface area (Å²) in [6, 6.07) is 1.43. The quantitative estimate of drug-likeness (QED) is 0.649. The summed E-state index contributed by atoms with van der Waals surface area (Å²) in [5.74, 6) is 0. The molecule has 0 aliphatic carbocycles. The maximum Gasteiger partial charge on any atom is 0.116 e. The molecule has 1 rings (SSSR count). The Labute approximate surface area is 72.2 Å². The third kappa shape index (κ3) is 3.18. The van der Waals surface area contributed by atoms with Crippen molar-refractivity contribution in [2.45, 2.75) is 25.0 Å². The molecule has 1 atom stereocenters. The van der Waals surface area contributed by atoms with Crippen LogP contribution in [0.25, 0.3) is 0 Å². The van der Waals surface area contributed by atoms with Crippen LogP contribution in [0.5, 0.6) is 0 Å². The molecule has 1 heterocycles. The first-order chi connectivity index (χ1) is 5.83. The third-order valence-corrected chi connectivity index (χ3v) is 1.85. The van der Waals surface area contributed by atoms with Gasteiger partial charge in [0, 0.05) is 13.2 Å². The number of nitrogens with two attached hydrogens (primary N) is 1. The van der Waals surface area contributed by atoms with Crippen LogP contribution >= 0.6 is 0 Å². The van der Waals surface area contributed by atoms with E-state index in [-0.39, 0.29) is 6.10 Å². The van der Waals surface area contributed by atoms with Gasteiger partial charge in [-0.05, 0) is 12.8 Å². The first-order valence-electron chi connectivity index (χ1n) is 4.17. The molecule has 1 fully saturated rings. The summed E-state index contributed by atoms with van der Waals surface area (Å²) in [4.78, 5) is 0. The van der Waals surface area contributed by atoms with Gasteiger partial charge in [-0.3, -0.25) is 0 Å². The van der Waals surface area contributed by atoms with E-state index in [0.29, 0.717) is 6.61 Å². The molecule has 2 N–H and O–H groups in total. The molecule has 4 heteroatoms. The zero-order valence-electron chi connectivity index (χ0n) is 7.03. The second-order valence-corrected chi connectivity index (χ2v) is 2.88. The second kappa shape index (κ2) is 5.09. The topological polar surface area (TPSA) is 68.3 Å². The van der Waals surface area contributed by atoms with Gasteiger partial charge < -0.3 is 15.2 Å². The van der Waals surface area contributed by atoms with Crippen LogP contribution in [-0.4, -0.2) is 32.0 Å². The maximum atomic E-state index is 8.38. The van der Waals surface area contributed by atoms with E-state index in [9.17, 15) is 0 Å². The van der Waals surface area contributed by atoms with E-state index in [4.69, 9.17) is 20.5 Å². The minimum Gasteiger partial charge on any atom is -0.381 e. The van der Waals surface area contributed by atoms with Crippen LogP contribution in [0.1, 0.15) is 12.8 Å². The van der Waals surface area contributed by atoms with Crippen molar-refractivity contribution in [2.75, 3.05) is 19.8 Å². The number of hydrogen-bond donors (Lipinski definition) is 1. The van der Waals surface area contributed by atoms with Crippen LogP contribution in [0.15, 0.2) is 0 Å². The number of ether oxygens (including phenoxy) is 2. The molecule has 1 aliphatic rings. The normalized spacial score (nSPS) is 21.7. The Morgan fingerprint density at radius 3 is 2.83 bits per heavy atom. The minimum atomic E-state index is -0.493. The fourth-order valence-corrected chi connectivity index (χ4v) is 1.12. The van der Waals surface area contributed by atoms with Gasteiger partial charge in [0.2, 0.25) is 0 Å². The van der Waals surface area contributed by atoms with E-state index < -0.39 is 6.04 Å².